The van der Waals surface area contributed by atoms with Crippen molar-refractivity contribution in [2.24, 2.45) is 0 Å². The third-order valence-electron chi connectivity index (χ3n) is 4.63. The zero-order valence-electron chi connectivity index (χ0n) is 12.1. The standard InChI is InChI=1S/C15H23N3OS/c1-11-17-13(10-20-11)14(19)18-12-5-8-16-15(9-12)6-3-2-4-7-15/h10,12,16H,2-9H2,1H3,(H,18,19). The zero-order chi connectivity index (χ0) is 14.0. The van der Waals surface area contributed by atoms with Gasteiger partial charge in [0.25, 0.3) is 5.91 Å². The maximum Gasteiger partial charge on any atom is 0.270 e. The van der Waals surface area contributed by atoms with E-state index >= 15 is 0 Å². The summed E-state index contributed by atoms with van der Waals surface area (Å²) in [6.45, 7) is 2.95. The number of aryl methyl sites for hydroxylation is 1. The Kier molecular flexibility index (Phi) is 4.08. The minimum absolute atomic E-state index is 0.00721. The van der Waals surface area contributed by atoms with E-state index in [1.807, 2.05) is 12.3 Å². The average molecular weight is 293 g/mol. The predicted molar refractivity (Wildman–Crippen MR) is 81.2 cm³/mol. The molecule has 1 aliphatic carbocycles. The summed E-state index contributed by atoms with van der Waals surface area (Å²) in [4.78, 5) is 16.5. The first-order chi connectivity index (χ1) is 9.67. The number of aromatic nitrogens is 1. The molecule has 2 fully saturated rings. The Morgan fingerprint density at radius 3 is 2.95 bits per heavy atom. The number of carbonyl (C=O) groups is 1. The molecule has 2 aliphatic rings. The quantitative estimate of drug-likeness (QED) is 0.881. The molecule has 0 bridgehead atoms. The fourth-order valence-corrected chi connectivity index (χ4v) is 4.21. The highest BCUT2D eigenvalue weighted by molar-refractivity contribution is 7.09. The molecule has 1 aromatic rings. The Morgan fingerprint density at radius 2 is 2.25 bits per heavy atom. The lowest BCUT2D eigenvalue weighted by Crippen LogP contribution is -2.57. The second-order valence-electron chi connectivity index (χ2n) is 6.18. The summed E-state index contributed by atoms with van der Waals surface area (Å²) < 4.78 is 0. The maximum atomic E-state index is 12.2. The second kappa shape index (κ2) is 5.82. The van der Waals surface area contributed by atoms with Gasteiger partial charge in [-0.15, -0.1) is 11.3 Å². The van der Waals surface area contributed by atoms with Crippen molar-refractivity contribution < 1.29 is 4.79 Å². The Labute approximate surface area is 124 Å². The van der Waals surface area contributed by atoms with E-state index in [-0.39, 0.29) is 11.4 Å². The Hall–Kier alpha value is -0.940. The highest BCUT2D eigenvalue weighted by Gasteiger charge is 2.37. The van der Waals surface area contributed by atoms with E-state index < -0.39 is 0 Å². The lowest BCUT2D eigenvalue weighted by Gasteiger charge is -2.44. The molecule has 5 heteroatoms. The largest absolute Gasteiger partial charge is 0.348 e. The van der Waals surface area contributed by atoms with E-state index in [0.717, 1.165) is 24.4 Å². The van der Waals surface area contributed by atoms with Crippen molar-refractivity contribution in [3.63, 3.8) is 0 Å². The number of nitrogens with zero attached hydrogens (tertiary/aromatic N) is 1. The molecule has 20 heavy (non-hydrogen) atoms. The highest BCUT2D eigenvalue weighted by Crippen LogP contribution is 2.34. The molecule has 0 aromatic carbocycles. The normalized spacial score (nSPS) is 25.6. The van der Waals surface area contributed by atoms with Crippen LogP contribution >= 0.6 is 11.3 Å². The van der Waals surface area contributed by atoms with Crippen molar-refractivity contribution in [3.8, 4) is 0 Å². The monoisotopic (exact) mass is 293 g/mol. The number of rotatable bonds is 2. The molecule has 2 N–H and O–H groups in total. The minimum atomic E-state index is -0.00721. The first-order valence-electron chi connectivity index (χ1n) is 7.65. The van der Waals surface area contributed by atoms with Gasteiger partial charge in [-0.05, 0) is 39.2 Å². The SMILES string of the molecule is Cc1nc(C(=O)NC2CCNC3(CCCCC3)C2)cs1. The van der Waals surface area contributed by atoms with Gasteiger partial charge in [0.05, 0.1) is 5.01 Å². The Morgan fingerprint density at radius 1 is 1.45 bits per heavy atom. The van der Waals surface area contributed by atoms with Gasteiger partial charge in [0.15, 0.2) is 0 Å². The summed E-state index contributed by atoms with van der Waals surface area (Å²) in [5, 5.41) is 9.70. The van der Waals surface area contributed by atoms with Gasteiger partial charge in [-0.25, -0.2) is 4.98 Å². The van der Waals surface area contributed by atoms with Crippen LogP contribution in [0.15, 0.2) is 5.38 Å². The number of hydrogen-bond donors (Lipinski definition) is 2. The van der Waals surface area contributed by atoms with E-state index in [0.29, 0.717) is 11.7 Å². The molecular weight excluding hydrogens is 270 g/mol. The molecule has 110 valence electrons. The summed E-state index contributed by atoms with van der Waals surface area (Å²) >= 11 is 1.53. The van der Waals surface area contributed by atoms with Crippen molar-refractivity contribution in [1.82, 2.24) is 15.6 Å². The molecule has 1 unspecified atom stereocenters. The van der Waals surface area contributed by atoms with Crippen LogP contribution in [-0.2, 0) is 0 Å². The van der Waals surface area contributed by atoms with Gasteiger partial charge in [0, 0.05) is 17.0 Å². The molecule has 1 atom stereocenters. The summed E-state index contributed by atoms with van der Waals surface area (Å²) in [5.74, 6) is -0.00721. The molecule has 1 saturated heterocycles. The van der Waals surface area contributed by atoms with E-state index in [1.165, 1.54) is 43.4 Å². The number of piperidine rings is 1. The van der Waals surface area contributed by atoms with Crippen LogP contribution in [0.1, 0.15) is 60.4 Å². The average Bonchev–Trinajstić information content (AvgIpc) is 2.86. The third kappa shape index (κ3) is 3.04. The lowest BCUT2D eigenvalue weighted by molar-refractivity contribution is 0.0888. The molecule has 2 heterocycles. The van der Waals surface area contributed by atoms with Crippen LogP contribution in [-0.4, -0.2) is 29.0 Å². The van der Waals surface area contributed by atoms with Crippen LogP contribution in [0.3, 0.4) is 0 Å². The lowest BCUT2D eigenvalue weighted by atomic mass is 9.75. The van der Waals surface area contributed by atoms with Crippen molar-refractivity contribution in [3.05, 3.63) is 16.1 Å². The number of hydrogen-bond acceptors (Lipinski definition) is 4. The van der Waals surface area contributed by atoms with Crippen LogP contribution in [0.25, 0.3) is 0 Å². The number of thiazole rings is 1. The van der Waals surface area contributed by atoms with Gasteiger partial charge < -0.3 is 10.6 Å². The summed E-state index contributed by atoms with van der Waals surface area (Å²) in [6.07, 6.45) is 8.61. The van der Waals surface area contributed by atoms with Gasteiger partial charge in [0.2, 0.25) is 0 Å². The van der Waals surface area contributed by atoms with Crippen LogP contribution in [0, 0.1) is 6.92 Å². The summed E-state index contributed by atoms with van der Waals surface area (Å²) in [7, 11) is 0. The Bertz CT molecular complexity index is 474. The van der Waals surface area contributed by atoms with E-state index in [2.05, 4.69) is 15.6 Å². The van der Waals surface area contributed by atoms with Crippen LogP contribution in [0.4, 0.5) is 0 Å². The first-order valence-corrected chi connectivity index (χ1v) is 8.53. The van der Waals surface area contributed by atoms with Crippen LogP contribution < -0.4 is 10.6 Å². The molecule has 1 aliphatic heterocycles. The second-order valence-corrected chi connectivity index (χ2v) is 7.24. The Balaban J connectivity index is 1.61. The first kappa shape index (κ1) is 14.0. The number of nitrogens with one attached hydrogen (secondary N) is 2. The smallest absolute Gasteiger partial charge is 0.270 e. The summed E-state index contributed by atoms with van der Waals surface area (Å²) in [5.41, 5.74) is 0.857. The topological polar surface area (TPSA) is 54.0 Å². The fraction of sp³-hybridized carbons (Fsp3) is 0.733. The van der Waals surface area contributed by atoms with E-state index in [9.17, 15) is 4.79 Å². The van der Waals surface area contributed by atoms with Crippen molar-refractivity contribution in [2.45, 2.75) is 63.5 Å². The van der Waals surface area contributed by atoms with Gasteiger partial charge in [-0.1, -0.05) is 19.3 Å². The minimum Gasteiger partial charge on any atom is -0.348 e. The molecule has 1 saturated carbocycles. The third-order valence-corrected chi connectivity index (χ3v) is 5.40. The molecule has 3 rings (SSSR count). The van der Waals surface area contributed by atoms with Gasteiger partial charge in [-0.3, -0.25) is 4.79 Å². The molecular formula is C15H23N3OS. The van der Waals surface area contributed by atoms with Gasteiger partial charge in [-0.2, -0.15) is 0 Å². The van der Waals surface area contributed by atoms with Crippen LogP contribution in [0.5, 0.6) is 0 Å². The molecule has 1 aromatic heterocycles. The zero-order valence-corrected chi connectivity index (χ0v) is 12.9. The van der Waals surface area contributed by atoms with Crippen LogP contribution in [0.2, 0.25) is 0 Å². The van der Waals surface area contributed by atoms with Crippen molar-refractivity contribution >= 4 is 17.2 Å². The fourth-order valence-electron chi connectivity index (χ4n) is 3.62. The number of carbonyl (C=O) groups excluding carboxylic acids is 1. The summed E-state index contributed by atoms with van der Waals surface area (Å²) in [6, 6.07) is 0.295. The van der Waals surface area contributed by atoms with Gasteiger partial charge >= 0.3 is 0 Å². The highest BCUT2D eigenvalue weighted by atomic mass is 32.1. The van der Waals surface area contributed by atoms with Crippen molar-refractivity contribution in [1.29, 1.82) is 0 Å². The molecule has 1 amide bonds. The van der Waals surface area contributed by atoms with E-state index in [1.54, 1.807) is 0 Å². The molecule has 4 nitrogen and oxygen atoms in total. The predicted octanol–water partition coefficient (Wildman–Crippen LogP) is 2.64. The molecule has 0 radical (unpaired) electrons. The van der Waals surface area contributed by atoms with E-state index in [4.69, 9.17) is 0 Å². The van der Waals surface area contributed by atoms with Crippen molar-refractivity contribution in [2.75, 3.05) is 6.54 Å². The molecule has 1 spiro atoms. The van der Waals surface area contributed by atoms with Gasteiger partial charge in [0.1, 0.15) is 5.69 Å². The maximum absolute atomic E-state index is 12.2. The number of amides is 1.